The van der Waals surface area contributed by atoms with E-state index in [0.29, 0.717) is 15.6 Å². The average Bonchev–Trinajstić information content (AvgIpc) is 2.85. The van der Waals surface area contributed by atoms with Gasteiger partial charge in [-0.05, 0) is 42.3 Å². The van der Waals surface area contributed by atoms with Crippen molar-refractivity contribution in [2.45, 2.75) is 19.0 Å². The predicted octanol–water partition coefficient (Wildman–Crippen LogP) is 3.08. The van der Waals surface area contributed by atoms with E-state index in [0.717, 1.165) is 10.5 Å². The van der Waals surface area contributed by atoms with Gasteiger partial charge >= 0.3 is 6.03 Å². The first-order valence-electron chi connectivity index (χ1n) is 8.21. The molecular formula is C19H17Cl2N3O3. The van der Waals surface area contributed by atoms with Crippen LogP contribution < -0.4 is 10.6 Å². The minimum atomic E-state index is -1.24. The highest BCUT2D eigenvalue weighted by Crippen LogP contribution is 2.29. The molecule has 140 valence electrons. The molecule has 0 unspecified atom stereocenters. The molecule has 0 spiro atoms. The normalized spacial score (nSPS) is 19.1. The van der Waals surface area contributed by atoms with Gasteiger partial charge in [-0.25, -0.2) is 4.79 Å². The third-order valence-corrected chi connectivity index (χ3v) is 4.86. The molecule has 0 bridgehead atoms. The third-order valence-electron chi connectivity index (χ3n) is 4.38. The molecule has 0 aliphatic carbocycles. The molecule has 0 saturated carbocycles. The zero-order chi connectivity index (χ0) is 19.6. The van der Waals surface area contributed by atoms with Gasteiger partial charge in [0, 0.05) is 16.6 Å². The molecule has 0 aromatic heterocycles. The molecule has 1 aliphatic heterocycles. The van der Waals surface area contributed by atoms with E-state index < -0.39 is 23.4 Å². The summed E-state index contributed by atoms with van der Waals surface area (Å²) in [5.41, 5.74) is 0.167. The molecule has 8 heteroatoms. The smallest absolute Gasteiger partial charge is 0.325 e. The maximum atomic E-state index is 12.8. The summed E-state index contributed by atoms with van der Waals surface area (Å²) in [6, 6.07) is 13.1. The maximum absolute atomic E-state index is 12.8. The quantitative estimate of drug-likeness (QED) is 0.750. The Morgan fingerprint density at radius 1 is 1.11 bits per heavy atom. The number of rotatable bonds is 5. The van der Waals surface area contributed by atoms with Gasteiger partial charge in [-0.1, -0.05) is 47.5 Å². The molecule has 1 fully saturated rings. The fraction of sp³-hybridized carbons (Fsp3) is 0.211. The van der Waals surface area contributed by atoms with E-state index in [9.17, 15) is 14.4 Å². The number of nitrogens with one attached hydrogen (secondary N) is 2. The molecule has 1 aliphatic rings. The van der Waals surface area contributed by atoms with Gasteiger partial charge in [-0.2, -0.15) is 0 Å². The number of carbonyl (C=O) groups excluding carboxylic acids is 3. The summed E-state index contributed by atoms with van der Waals surface area (Å²) in [6.07, 6.45) is 0. The summed E-state index contributed by atoms with van der Waals surface area (Å²) in [7, 11) is 0. The number of amides is 4. The number of hydrogen-bond acceptors (Lipinski definition) is 3. The lowest BCUT2D eigenvalue weighted by molar-refractivity contribution is -0.134. The first-order chi connectivity index (χ1) is 12.8. The Hall–Kier alpha value is -2.57. The van der Waals surface area contributed by atoms with Crippen molar-refractivity contribution in [3.8, 4) is 0 Å². The van der Waals surface area contributed by atoms with Crippen LogP contribution in [0.3, 0.4) is 0 Å². The van der Waals surface area contributed by atoms with Crippen LogP contribution in [-0.4, -0.2) is 29.3 Å². The number of imide groups is 1. The number of carbonyl (C=O) groups is 3. The van der Waals surface area contributed by atoms with Crippen LogP contribution in [0.15, 0.2) is 48.5 Å². The molecule has 1 heterocycles. The summed E-state index contributed by atoms with van der Waals surface area (Å²) >= 11 is 11.8. The number of nitrogens with zero attached hydrogens (tertiary/aromatic N) is 1. The minimum Gasteiger partial charge on any atom is -0.350 e. The first kappa shape index (κ1) is 19.2. The van der Waals surface area contributed by atoms with Crippen LogP contribution in [0.25, 0.3) is 0 Å². The van der Waals surface area contributed by atoms with Crippen molar-refractivity contribution in [3.63, 3.8) is 0 Å². The second-order valence-corrected chi connectivity index (χ2v) is 7.23. The summed E-state index contributed by atoms with van der Waals surface area (Å²) < 4.78 is 0. The zero-order valence-corrected chi connectivity index (χ0v) is 16.0. The standard InChI is InChI=1S/C19H17Cl2N3O3/c1-19(13-5-7-14(20)8-6-13)17(26)24(18(27)23-19)11-16(25)22-10-12-3-2-4-15(21)9-12/h2-9H,10-11H2,1H3,(H,22,25)(H,23,27)/t19-/m0/s1. The minimum absolute atomic E-state index is 0.248. The van der Waals surface area contributed by atoms with Crippen LogP contribution in [0, 0.1) is 0 Å². The molecule has 1 saturated heterocycles. The van der Waals surface area contributed by atoms with E-state index in [1.165, 1.54) is 0 Å². The van der Waals surface area contributed by atoms with Gasteiger partial charge in [0.15, 0.2) is 0 Å². The van der Waals surface area contributed by atoms with Gasteiger partial charge in [0.25, 0.3) is 5.91 Å². The monoisotopic (exact) mass is 405 g/mol. The van der Waals surface area contributed by atoms with Gasteiger partial charge in [-0.15, -0.1) is 0 Å². The molecule has 4 amide bonds. The number of halogens is 2. The van der Waals surface area contributed by atoms with Crippen molar-refractivity contribution in [3.05, 3.63) is 69.7 Å². The second-order valence-electron chi connectivity index (χ2n) is 6.36. The molecule has 6 nitrogen and oxygen atoms in total. The second kappa shape index (κ2) is 7.58. The molecule has 2 aromatic rings. The molecule has 3 rings (SSSR count). The van der Waals surface area contributed by atoms with Gasteiger partial charge in [0.1, 0.15) is 12.1 Å². The van der Waals surface area contributed by atoms with E-state index in [2.05, 4.69) is 10.6 Å². The van der Waals surface area contributed by atoms with E-state index in [-0.39, 0.29) is 13.1 Å². The zero-order valence-electron chi connectivity index (χ0n) is 14.5. The van der Waals surface area contributed by atoms with Gasteiger partial charge in [-0.3, -0.25) is 14.5 Å². The van der Waals surface area contributed by atoms with Crippen LogP contribution in [0.1, 0.15) is 18.1 Å². The molecule has 27 heavy (non-hydrogen) atoms. The van der Waals surface area contributed by atoms with Gasteiger partial charge in [0.05, 0.1) is 0 Å². The SMILES string of the molecule is C[C@@]1(c2ccc(Cl)cc2)NC(=O)N(CC(=O)NCc2cccc(Cl)c2)C1=O. The third kappa shape index (κ3) is 4.07. The van der Waals surface area contributed by atoms with Crippen LogP contribution in [0.5, 0.6) is 0 Å². The number of hydrogen-bond donors (Lipinski definition) is 2. The first-order valence-corrected chi connectivity index (χ1v) is 8.96. The fourth-order valence-corrected chi connectivity index (χ4v) is 3.21. The Balaban J connectivity index is 1.66. The van der Waals surface area contributed by atoms with E-state index in [1.54, 1.807) is 49.4 Å². The van der Waals surface area contributed by atoms with Crippen molar-refractivity contribution in [2.24, 2.45) is 0 Å². The van der Waals surface area contributed by atoms with Gasteiger partial charge in [0.2, 0.25) is 5.91 Å². The van der Waals surface area contributed by atoms with Crippen molar-refractivity contribution in [2.75, 3.05) is 6.54 Å². The molecule has 1 atom stereocenters. The fourth-order valence-electron chi connectivity index (χ4n) is 2.87. The average molecular weight is 406 g/mol. The Morgan fingerprint density at radius 2 is 1.81 bits per heavy atom. The van der Waals surface area contributed by atoms with Crippen molar-refractivity contribution >= 4 is 41.0 Å². The highest BCUT2D eigenvalue weighted by atomic mass is 35.5. The van der Waals surface area contributed by atoms with Crippen LogP contribution in [0.2, 0.25) is 10.0 Å². The largest absolute Gasteiger partial charge is 0.350 e. The Bertz CT molecular complexity index is 901. The lowest BCUT2D eigenvalue weighted by Crippen LogP contribution is -2.43. The van der Waals surface area contributed by atoms with E-state index in [4.69, 9.17) is 23.2 Å². The molecule has 2 N–H and O–H groups in total. The molecular weight excluding hydrogens is 389 g/mol. The van der Waals surface area contributed by atoms with Crippen molar-refractivity contribution in [1.29, 1.82) is 0 Å². The highest BCUT2D eigenvalue weighted by Gasteiger charge is 2.49. The van der Waals surface area contributed by atoms with Crippen molar-refractivity contribution in [1.82, 2.24) is 15.5 Å². The lowest BCUT2D eigenvalue weighted by atomic mass is 9.92. The summed E-state index contributed by atoms with van der Waals surface area (Å²) in [4.78, 5) is 38.2. The summed E-state index contributed by atoms with van der Waals surface area (Å²) in [5, 5.41) is 6.42. The topological polar surface area (TPSA) is 78.5 Å². The van der Waals surface area contributed by atoms with E-state index in [1.807, 2.05) is 6.07 Å². The maximum Gasteiger partial charge on any atom is 0.325 e. The van der Waals surface area contributed by atoms with Crippen molar-refractivity contribution < 1.29 is 14.4 Å². The summed E-state index contributed by atoms with van der Waals surface area (Å²) in [5.74, 6) is -0.938. The van der Waals surface area contributed by atoms with Crippen LogP contribution >= 0.6 is 23.2 Å². The highest BCUT2D eigenvalue weighted by molar-refractivity contribution is 6.30. The van der Waals surface area contributed by atoms with Crippen LogP contribution in [-0.2, 0) is 21.7 Å². The van der Waals surface area contributed by atoms with Gasteiger partial charge < -0.3 is 10.6 Å². The predicted molar refractivity (Wildman–Crippen MR) is 102 cm³/mol. The van der Waals surface area contributed by atoms with Crippen LogP contribution in [0.4, 0.5) is 4.79 Å². The Kier molecular flexibility index (Phi) is 5.39. The number of urea groups is 1. The Labute approximate surface area is 166 Å². The number of benzene rings is 2. The Morgan fingerprint density at radius 3 is 2.48 bits per heavy atom. The molecule has 2 aromatic carbocycles. The molecule has 0 radical (unpaired) electrons. The summed E-state index contributed by atoms with van der Waals surface area (Å²) in [6.45, 7) is 1.48. The lowest BCUT2D eigenvalue weighted by Gasteiger charge is -2.22. The van der Waals surface area contributed by atoms with E-state index >= 15 is 0 Å².